The molecule has 3 nitrogen and oxygen atoms in total. The lowest BCUT2D eigenvalue weighted by Gasteiger charge is -2.16. The molecule has 0 spiro atoms. The van der Waals surface area contributed by atoms with E-state index < -0.39 is 0 Å². The third-order valence-electron chi connectivity index (χ3n) is 8.43. The Balaban J connectivity index is 1.50. The molecule has 1 aliphatic rings. The SMILES string of the molecule is c1ccc(-c2nc(-n3c4c(c5cccc(-c6ccccc6)c53)-c3ccccc3Sc3ccccc3-4)nc3ccccc23)cc1. The van der Waals surface area contributed by atoms with E-state index in [1.807, 2.05) is 17.8 Å². The summed E-state index contributed by atoms with van der Waals surface area (Å²) in [7, 11) is 0. The number of hydrogen-bond acceptors (Lipinski definition) is 3. The molecular weight excluding hydrogens is 555 g/mol. The lowest BCUT2D eigenvalue weighted by molar-refractivity contribution is 0.988. The molecule has 0 atom stereocenters. The molecule has 2 aromatic heterocycles. The van der Waals surface area contributed by atoms with Crippen LogP contribution in [0.1, 0.15) is 0 Å². The molecule has 0 unspecified atom stereocenters. The lowest BCUT2D eigenvalue weighted by Crippen LogP contribution is -2.06. The average Bonchev–Trinajstić information content (AvgIpc) is 3.36. The van der Waals surface area contributed by atoms with Crippen molar-refractivity contribution in [2.24, 2.45) is 0 Å². The second kappa shape index (κ2) is 10.1. The predicted octanol–water partition coefficient (Wildman–Crippen LogP) is 10.7. The normalized spacial score (nSPS) is 12.0. The van der Waals surface area contributed by atoms with Crippen molar-refractivity contribution in [3.8, 4) is 50.7 Å². The third-order valence-corrected chi connectivity index (χ3v) is 9.58. The molecule has 0 saturated heterocycles. The first-order valence-electron chi connectivity index (χ1n) is 14.8. The van der Waals surface area contributed by atoms with Crippen LogP contribution in [-0.2, 0) is 0 Å². The zero-order valence-electron chi connectivity index (χ0n) is 23.7. The first-order chi connectivity index (χ1) is 21.8. The van der Waals surface area contributed by atoms with Gasteiger partial charge < -0.3 is 0 Å². The van der Waals surface area contributed by atoms with Crippen LogP contribution < -0.4 is 0 Å². The van der Waals surface area contributed by atoms with Gasteiger partial charge in [0.05, 0.1) is 22.4 Å². The molecule has 0 bridgehead atoms. The largest absolute Gasteiger partial charge is 0.277 e. The number of para-hydroxylation sites is 2. The molecule has 1 aliphatic heterocycles. The molecule has 6 aromatic carbocycles. The van der Waals surface area contributed by atoms with Crippen LogP contribution in [0.2, 0.25) is 0 Å². The smallest absolute Gasteiger partial charge is 0.235 e. The Morgan fingerprint density at radius 3 is 1.84 bits per heavy atom. The molecule has 0 radical (unpaired) electrons. The molecule has 44 heavy (non-hydrogen) atoms. The van der Waals surface area contributed by atoms with Gasteiger partial charge in [0, 0.05) is 42.8 Å². The van der Waals surface area contributed by atoms with Crippen molar-refractivity contribution in [3.05, 3.63) is 152 Å². The van der Waals surface area contributed by atoms with Gasteiger partial charge in [-0.15, -0.1) is 0 Å². The van der Waals surface area contributed by atoms with Gasteiger partial charge in [-0.1, -0.05) is 145 Å². The predicted molar refractivity (Wildman–Crippen MR) is 182 cm³/mol. The summed E-state index contributed by atoms with van der Waals surface area (Å²) in [5, 5.41) is 2.22. The minimum Gasteiger partial charge on any atom is -0.277 e. The second-order valence-corrected chi connectivity index (χ2v) is 12.1. The molecule has 0 amide bonds. The Bertz CT molecular complexity index is 2360. The summed E-state index contributed by atoms with van der Waals surface area (Å²) in [6, 6.07) is 53.6. The summed E-state index contributed by atoms with van der Waals surface area (Å²) in [4.78, 5) is 13.2. The quantitative estimate of drug-likeness (QED) is 0.209. The van der Waals surface area contributed by atoms with E-state index in [0.29, 0.717) is 5.95 Å². The van der Waals surface area contributed by atoms with Gasteiger partial charge in [0.1, 0.15) is 0 Å². The molecule has 0 fully saturated rings. The van der Waals surface area contributed by atoms with Crippen LogP contribution in [0, 0.1) is 0 Å². The monoisotopic (exact) mass is 579 g/mol. The van der Waals surface area contributed by atoms with E-state index in [2.05, 4.69) is 150 Å². The topological polar surface area (TPSA) is 30.7 Å². The number of benzene rings is 6. The zero-order chi connectivity index (χ0) is 29.0. The fourth-order valence-electron chi connectivity index (χ4n) is 6.53. The minimum atomic E-state index is 0.663. The van der Waals surface area contributed by atoms with E-state index in [9.17, 15) is 0 Å². The maximum Gasteiger partial charge on any atom is 0.235 e. The Morgan fingerprint density at radius 2 is 1.05 bits per heavy atom. The van der Waals surface area contributed by atoms with Crippen molar-refractivity contribution in [1.29, 1.82) is 0 Å². The zero-order valence-corrected chi connectivity index (χ0v) is 24.5. The van der Waals surface area contributed by atoms with Gasteiger partial charge in [-0.05, 0) is 29.3 Å². The summed E-state index contributed by atoms with van der Waals surface area (Å²) in [6.45, 7) is 0. The van der Waals surface area contributed by atoms with Crippen LogP contribution in [0.3, 0.4) is 0 Å². The fourth-order valence-corrected chi connectivity index (χ4v) is 7.61. The van der Waals surface area contributed by atoms with E-state index >= 15 is 0 Å². The summed E-state index contributed by atoms with van der Waals surface area (Å²) in [5.74, 6) is 0.663. The van der Waals surface area contributed by atoms with Crippen molar-refractivity contribution in [2.45, 2.75) is 9.79 Å². The summed E-state index contributed by atoms with van der Waals surface area (Å²) in [6.07, 6.45) is 0. The minimum absolute atomic E-state index is 0.663. The number of rotatable bonds is 3. The van der Waals surface area contributed by atoms with E-state index in [1.165, 1.54) is 31.9 Å². The van der Waals surface area contributed by atoms with E-state index in [0.717, 1.165) is 44.5 Å². The Kier molecular flexibility index (Phi) is 5.75. The number of nitrogens with zero attached hydrogens (tertiary/aromatic N) is 3. The van der Waals surface area contributed by atoms with Gasteiger partial charge in [0.15, 0.2) is 0 Å². The first kappa shape index (κ1) is 25.1. The van der Waals surface area contributed by atoms with Crippen molar-refractivity contribution in [3.63, 3.8) is 0 Å². The van der Waals surface area contributed by atoms with Gasteiger partial charge in [0.25, 0.3) is 0 Å². The number of hydrogen-bond donors (Lipinski definition) is 0. The third kappa shape index (κ3) is 3.85. The highest BCUT2D eigenvalue weighted by atomic mass is 32.2. The highest BCUT2D eigenvalue weighted by molar-refractivity contribution is 7.99. The van der Waals surface area contributed by atoms with Gasteiger partial charge in [0.2, 0.25) is 5.95 Å². The van der Waals surface area contributed by atoms with Gasteiger partial charge in [-0.25, -0.2) is 9.97 Å². The number of fused-ring (bicyclic) bond motifs is 8. The first-order valence-corrected chi connectivity index (χ1v) is 15.6. The summed E-state index contributed by atoms with van der Waals surface area (Å²) < 4.78 is 2.33. The standard InChI is InChI=1S/C40H25N3S/c1-3-14-26(15-4-1)28-21-13-22-32-36-30-19-8-11-24-34(30)44-35-25-12-9-20-31(35)39(36)43(38(28)32)40-41-33-23-10-7-18-29(33)37(42-40)27-16-5-2-6-17-27/h1-25H. The molecule has 9 rings (SSSR count). The van der Waals surface area contributed by atoms with Crippen LogP contribution in [0.5, 0.6) is 0 Å². The van der Waals surface area contributed by atoms with E-state index in [4.69, 9.17) is 9.97 Å². The van der Waals surface area contributed by atoms with Crippen molar-refractivity contribution >= 4 is 33.6 Å². The molecular formula is C40H25N3S. The molecule has 0 aliphatic carbocycles. The molecule has 4 heteroatoms. The van der Waals surface area contributed by atoms with Gasteiger partial charge in [-0.2, -0.15) is 0 Å². The maximum atomic E-state index is 5.41. The van der Waals surface area contributed by atoms with Crippen molar-refractivity contribution < 1.29 is 0 Å². The van der Waals surface area contributed by atoms with Crippen molar-refractivity contribution in [1.82, 2.24) is 14.5 Å². The lowest BCUT2D eigenvalue weighted by atomic mass is 9.96. The summed E-state index contributed by atoms with van der Waals surface area (Å²) in [5.41, 5.74) is 11.1. The highest BCUT2D eigenvalue weighted by Crippen LogP contribution is 2.53. The molecule has 0 saturated carbocycles. The number of aromatic nitrogens is 3. The Morgan fingerprint density at radius 1 is 0.455 bits per heavy atom. The Hall–Kier alpha value is -5.45. The van der Waals surface area contributed by atoms with Crippen LogP contribution in [-0.4, -0.2) is 14.5 Å². The molecule has 8 aromatic rings. The van der Waals surface area contributed by atoms with Gasteiger partial charge in [-0.3, -0.25) is 4.57 Å². The second-order valence-electron chi connectivity index (χ2n) is 11.0. The van der Waals surface area contributed by atoms with Crippen molar-refractivity contribution in [2.75, 3.05) is 0 Å². The van der Waals surface area contributed by atoms with Crippen LogP contribution in [0.15, 0.2) is 161 Å². The Labute approximate surface area is 259 Å². The van der Waals surface area contributed by atoms with E-state index in [1.54, 1.807) is 0 Å². The van der Waals surface area contributed by atoms with Crippen LogP contribution >= 0.6 is 11.8 Å². The highest BCUT2D eigenvalue weighted by Gasteiger charge is 2.30. The maximum absolute atomic E-state index is 5.41. The van der Waals surface area contributed by atoms with Gasteiger partial charge >= 0.3 is 0 Å². The van der Waals surface area contributed by atoms with E-state index in [-0.39, 0.29) is 0 Å². The molecule has 0 N–H and O–H groups in total. The summed E-state index contributed by atoms with van der Waals surface area (Å²) >= 11 is 1.83. The molecule has 3 heterocycles. The molecule has 206 valence electrons. The van der Waals surface area contributed by atoms with Crippen LogP contribution in [0.25, 0.3) is 72.5 Å². The fraction of sp³-hybridized carbons (Fsp3) is 0. The average molecular weight is 580 g/mol. The van der Waals surface area contributed by atoms with Crippen LogP contribution in [0.4, 0.5) is 0 Å².